The average molecular weight is 596 g/mol. The van der Waals surface area contributed by atoms with Gasteiger partial charge in [-0.15, -0.1) is 0 Å². The zero-order valence-electron chi connectivity index (χ0n) is 27.6. The molecule has 44 heavy (non-hydrogen) atoms. The molecule has 236 valence electrons. The molecule has 0 bridgehead atoms. The first-order chi connectivity index (χ1) is 21.4. The van der Waals surface area contributed by atoms with Crippen LogP contribution in [0.4, 0.5) is 10.5 Å². The lowest BCUT2D eigenvalue weighted by atomic mass is 9.94. The zero-order valence-corrected chi connectivity index (χ0v) is 27.6. The van der Waals surface area contributed by atoms with Gasteiger partial charge in [0.15, 0.2) is 0 Å². The quantitative estimate of drug-likeness (QED) is 0.157. The summed E-state index contributed by atoms with van der Waals surface area (Å²) in [6.45, 7) is 19.5. The first kappa shape index (κ1) is 34.5. The van der Waals surface area contributed by atoms with Gasteiger partial charge in [-0.3, -0.25) is 0 Å². The topological polar surface area (TPSA) is 72.2 Å². The van der Waals surface area contributed by atoms with Gasteiger partial charge in [-0.1, -0.05) is 103 Å². The predicted octanol–water partition coefficient (Wildman–Crippen LogP) is 8.39. The fourth-order valence-corrected chi connectivity index (χ4v) is 5.25. The van der Waals surface area contributed by atoms with Gasteiger partial charge < -0.3 is 25.8 Å². The number of aromatic amines is 1. The lowest BCUT2D eigenvalue weighted by Crippen LogP contribution is -2.42. The van der Waals surface area contributed by atoms with Crippen molar-refractivity contribution in [3.8, 4) is 0 Å². The van der Waals surface area contributed by atoms with Crippen molar-refractivity contribution in [2.75, 3.05) is 38.0 Å². The third-order valence-electron chi connectivity index (χ3n) is 7.36. The molecule has 0 saturated carbocycles. The first-order valence-corrected chi connectivity index (χ1v) is 16.4. The van der Waals surface area contributed by atoms with Gasteiger partial charge in [0, 0.05) is 66.8 Å². The summed E-state index contributed by atoms with van der Waals surface area (Å²) in [5.74, 6) is 0. The summed E-state index contributed by atoms with van der Waals surface area (Å²) in [4.78, 5) is 18.7. The van der Waals surface area contributed by atoms with Gasteiger partial charge in [0.05, 0.1) is 0 Å². The van der Waals surface area contributed by atoms with Crippen molar-refractivity contribution in [2.45, 2.75) is 66.7 Å². The summed E-state index contributed by atoms with van der Waals surface area (Å²) in [5, 5.41) is 10.8. The van der Waals surface area contributed by atoms with Crippen LogP contribution in [0.5, 0.6) is 0 Å². The molecule has 4 aromatic rings. The highest BCUT2D eigenvalue weighted by molar-refractivity contribution is 5.91. The summed E-state index contributed by atoms with van der Waals surface area (Å²) in [5.41, 5.74) is 8.90. The molecule has 5 rings (SSSR count). The largest absolute Gasteiger partial charge is 0.369 e. The van der Waals surface area contributed by atoms with Crippen LogP contribution in [0.15, 0.2) is 79.5 Å². The number of nitrogens with zero attached hydrogens (tertiary/aromatic N) is 1. The number of hydrogen-bond donors (Lipinski definition) is 4. The number of H-pyrrole nitrogens is 1. The van der Waals surface area contributed by atoms with Crippen LogP contribution in [0.25, 0.3) is 16.6 Å². The van der Waals surface area contributed by atoms with E-state index in [1.807, 2.05) is 24.4 Å². The molecule has 1 saturated heterocycles. The Balaban J connectivity index is 0.000000816. The number of piperazine rings is 1. The molecule has 1 aliphatic heterocycles. The molecule has 0 aliphatic carbocycles. The molecular weight excluding hydrogens is 542 g/mol. The number of aryl methyl sites for hydroxylation is 1. The van der Waals surface area contributed by atoms with Crippen LogP contribution in [0, 0.1) is 0 Å². The minimum atomic E-state index is -0.185. The van der Waals surface area contributed by atoms with Crippen molar-refractivity contribution in [2.24, 2.45) is 0 Å². The molecule has 0 unspecified atom stereocenters. The molecule has 6 nitrogen and oxygen atoms in total. The first-order valence-electron chi connectivity index (χ1n) is 16.4. The minimum Gasteiger partial charge on any atom is -0.369 e. The molecular formula is C38H53N5O. The smallest absolute Gasteiger partial charge is 0.319 e. The lowest BCUT2D eigenvalue weighted by Gasteiger charge is -2.32. The fraction of sp³-hybridized carbons (Fsp3) is 0.395. The van der Waals surface area contributed by atoms with Gasteiger partial charge in [-0.25, -0.2) is 4.79 Å². The van der Waals surface area contributed by atoms with Crippen molar-refractivity contribution < 1.29 is 4.79 Å². The van der Waals surface area contributed by atoms with E-state index in [1.165, 1.54) is 40.5 Å². The summed E-state index contributed by atoms with van der Waals surface area (Å²) in [7, 11) is 0. The van der Waals surface area contributed by atoms with Gasteiger partial charge in [0.25, 0.3) is 0 Å². The van der Waals surface area contributed by atoms with Crippen molar-refractivity contribution in [3.05, 3.63) is 107 Å². The summed E-state index contributed by atoms with van der Waals surface area (Å²) < 4.78 is 0. The maximum atomic E-state index is 13.0. The van der Waals surface area contributed by atoms with Gasteiger partial charge in [0.1, 0.15) is 0 Å². The number of carbonyl (C=O) groups is 1. The molecule has 3 aromatic carbocycles. The SMILES string of the molecule is C=C(c1cc(Cc2ccccc2)c(NC(=O)NCCc2c[nH]c3ccccc23)cc1CC)N1CCNCC1.CCC.CCC. The Morgan fingerprint density at radius 3 is 2.20 bits per heavy atom. The van der Waals surface area contributed by atoms with Crippen LogP contribution in [0.2, 0.25) is 0 Å². The third-order valence-corrected chi connectivity index (χ3v) is 7.36. The Labute approximate surface area is 265 Å². The number of nitrogens with one attached hydrogen (secondary N) is 4. The number of benzene rings is 3. The molecule has 2 heterocycles. The number of amides is 2. The maximum Gasteiger partial charge on any atom is 0.319 e. The molecule has 6 heteroatoms. The van der Waals surface area contributed by atoms with Crippen LogP contribution in [-0.4, -0.2) is 48.6 Å². The summed E-state index contributed by atoms with van der Waals surface area (Å²) in [6.07, 6.45) is 6.89. The fourth-order valence-electron chi connectivity index (χ4n) is 5.25. The van der Waals surface area contributed by atoms with Gasteiger partial charge in [-0.05, 0) is 59.7 Å². The predicted molar refractivity (Wildman–Crippen MR) is 189 cm³/mol. The van der Waals surface area contributed by atoms with E-state index >= 15 is 0 Å². The van der Waals surface area contributed by atoms with Gasteiger partial charge >= 0.3 is 6.03 Å². The second-order valence-corrected chi connectivity index (χ2v) is 11.3. The Kier molecular flexibility index (Phi) is 14.6. The Hall–Kier alpha value is -4.03. The van der Waals surface area contributed by atoms with E-state index in [2.05, 4.69) is 116 Å². The van der Waals surface area contributed by atoms with E-state index in [-0.39, 0.29) is 6.03 Å². The van der Waals surface area contributed by atoms with E-state index in [0.29, 0.717) is 6.54 Å². The standard InChI is InChI=1S/C32H37N5O.2C3H8/c1-3-25-21-31(36-32(38)34-14-13-26-22-35-30-12-8-7-11-28(26)30)27(19-24-9-5-4-6-10-24)20-29(25)23(2)37-17-15-33-16-18-37;2*1-3-2/h4-12,20-22,33,35H,2-3,13-19H2,1H3,(H2,34,36,38);2*3H2,1-2H3. The molecule has 1 aromatic heterocycles. The van der Waals surface area contributed by atoms with Crippen molar-refractivity contribution in [3.63, 3.8) is 0 Å². The van der Waals surface area contributed by atoms with Crippen LogP contribution in [-0.2, 0) is 19.3 Å². The molecule has 1 aliphatic rings. The maximum absolute atomic E-state index is 13.0. The molecule has 4 N–H and O–H groups in total. The van der Waals surface area contributed by atoms with E-state index in [9.17, 15) is 4.79 Å². The van der Waals surface area contributed by atoms with Crippen LogP contribution >= 0.6 is 0 Å². The van der Waals surface area contributed by atoms with Crippen molar-refractivity contribution in [1.82, 2.24) is 20.5 Å². The Morgan fingerprint density at radius 2 is 1.52 bits per heavy atom. The number of fused-ring (bicyclic) bond motifs is 1. The van der Waals surface area contributed by atoms with Gasteiger partial charge in [-0.2, -0.15) is 0 Å². The highest BCUT2D eigenvalue weighted by Crippen LogP contribution is 2.30. The molecule has 0 radical (unpaired) electrons. The monoisotopic (exact) mass is 595 g/mol. The third kappa shape index (κ3) is 10.0. The Morgan fingerprint density at radius 1 is 0.864 bits per heavy atom. The average Bonchev–Trinajstić information content (AvgIpc) is 3.46. The summed E-state index contributed by atoms with van der Waals surface area (Å²) >= 11 is 0. The molecule has 1 fully saturated rings. The Bertz CT molecular complexity index is 1430. The minimum absolute atomic E-state index is 0.185. The van der Waals surface area contributed by atoms with Crippen LogP contribution in [0.3, 0.4) is 0 Å². The van der Waals surface area contributed by atoms with Gasteiger partial charge in [0.2, 0.25) is 0 Å². The number of para-hydroxylation sites is 1. The number of urea groups is 1. The molecule has 0 atom stereocenters. The molecule has 2 amide bonds. The lowest BCUT2D eigenvalue weighted by molar-refractivity contribution is 0.252. The van der Waals surface area contributed by atoms with Crippen LogP contribution < -0.4 is 16.0 Å². The van der Waals surface area contributed by atoms with E-state index in [4.69, 9.17) is 0 Å². The highest BCUT2D eigenvalue weighted by Gasteiger charge is 2.18. The number of aromatic nitrogens is 1. The number of anilines is 1. The van der Waals surface area contributed by atoms with E-state index < -0.39 is 0 Å². The number of rotatable bonds is 9. The normalized spacial score (nSPS) is 12.4. The highest BCUT2D eigenvalue weighted by atomic mass is 16.2. The van der Waals surface area contributed by atoms with Crippen molar-refractivity contribution >= 4 is 28.3 Å². The van der Waals surface area contributed by atoms with Crippen molar-refractivity contribution in [1.29, 1.82) is 0 Å². The number of carbonyl (C=O) groups excluding carboxylic acids is 1. The number of hydrogen-bond acceptors (Lipinski definition) is 3. The summed E-state index contributed by atoms with van der Waals surface area (Å²) in [6, 6.07) is 22.8. The van der Waals surface area contributed by atoms with E-state index in [1.54, 1.807) is 0 Å². The zero-order chi connectivity index (χ0) is 31.7. The second kappa shape index (κ2) is 18.6. The molecule has 0 spiro atoms. The second-order valence-electron chi connectivity index (χ2n) is 11.3. The van der Waals surface area contributed by atoms with Crippen LogP contribution in [0.1, 0.15) is 75.3 Å². The van der Waals surface area contributed by atoms with E-state index in [0.717, 1.165) is 67.9 Å².